The van der Waals surface area contributed by atoms with Gasteiger partial charge in [-0.3, -0.25) is 9.69 Å². The summed E-state index contributed by atoms with van der Waals surface area (Å²) in [6.45, 7) is -0.368. The van der Waals surface area contributed by atoms with Crippen molar-refractivity contribution < 1.29 is 18.3 Å². The number of rotatable bonds is 6. The minimum atomic E-state index is -2.90. The number of alkyl halides is 2. The molecule has 1 unspecified atom stereocenters. The maximum absolute atomic E-state index is 12.3. The van der Waals surface area contributed by atoms with Gasteiger partial charge in [-0.1, -0.05) is 36.4 Å². The fourth-order valence-corrected chi connectivity index (χ4v) is 3.02. The van der Waals surface area contributed by atoms with Crippen molar-refractivity contribution in [2.24, 2.45) is 0 Å². The van der Waals surface area contributed by atoms with Gasteiger partial charge >= 0.3 is 6.61 Å². The second kappa shape index (κ2) is 8.07. The molecule has 0 spiro atoms. The average molecular weight is 346 g/mol. The van der Waals surface area contributed by atoms with Gasteiger partial charge < -0.3 is 10.1 Å². The van der Waals surface area contributed by atoms with E-state index in [1.807, 2.05) is 18.2 Å². The first kappa shape index (κ1) is 17.4. The molecule has 4 nitrogen and oxygen atoms in total. The molecule has 1 atom stereocenters. The molecule has 132 valence electrons. The maximum Gasteiger partial charge on any atom is 0.387 e. The summed E-state index contributed by atoms with van der Waals surface area (Å²) in [5, 5.41) is 2.97. The van der Waals surface area contributed by atoms with E-state index in [0.29, 0.717) is 5.56 Å². The van der Waals surface area contributed by atoms with Crippen LogP contribution < -0.4 is 10.1 Å². The van der Waals surface area contributed by atoms with Gasteiger partial charge in [-0.25, -0.2) is 0 Å². The zero-order chi connectivity index (χ0) is 17.6. The van der Waals surface area contributed by atoms with Crippen LogP contribution >= 0.6 is 0 Å². The Labute approximate surface area is 145 Å². The van der Waals surface area contributed by atoms with Crippen molar-refractivity contribution in [1.82, 2.24) is 10.2 Å². The summed E-state index contributed by atoms with van der Waals surface area (Å²) in [7, 11) is 0. The first-order valence-electron chi connectivity index (χ1n) is 8.22. The van der Waals surface area contributed by atoms with Gasteiger partial charge in [0.15, 0.2) is 0 Å². The number of benzene rings is 2. The second-order valence-electron chi connectivity index (χ2n) is 6.09. The van der Waals surface area contributed by atoms with Crippen molar-refractivity contribution in [2.75, 3.05) is 13.1 Å². The number of hydrogen-bond acceptors (Lipinski definition) is 3. The molecule has 1 amide bonds. The van der Waals surface area contributed by atoms with E-state index in [4.69, 9.17) is 0 Å². The van der Waals surface area contributed by atoms with Crippen LogP contribution in [0.15, 0.2) is 54.6 Å². The van der Waals surface area contributed by atoms with Crippen molar-refractivity contribution in [2.45, 2.75) is 25.6 Å². The van der Waals surface area contributed by atoms with E-state index >= 15 is 0 Å². The second-order valence-corrected chi connectivity index (χ2v) is 6.09. The standard InChI is InChI=1S/C19H20F2N2O2/c20-19(21)25-17-8-4-7-15(11-17)18(24)22-16-9-10-23(13-16)12-14-5-2-1-3-6-14/h1-8,11,16,19H,9-10,12-13H2,(H,22,24). The Morgan fingerprint density at radius 3 is 2.76 bits per heavy atom. The van der Waals surface area contributed by atoms with Crippen molar-refractivity contribution in [3.05, 3.63) is 65.7 Å². The largest absolute Gasteiger partial charge is 0.435 e. The molecule has 2 aromatic carbocycles. The van der Waals surface area contributed by atoms with E-state index < -0.39 is 6.61 Å². The zero-order valence-electron chi connectivity index (χ0n) is 13.7. The number of carbonyl (C=O) groups is 1. The van der Waals surface area contributed by atoms with Crippen molar-refractivity contribution >= 4 is 5.91 Å². The van der Waals surface area contributed by atoms with Crippen LogP contribution in [0.3, 0.4) is 0 Å². The number of nitrogens with one attached hydrogen (secondary N) is 1. The summed E-state index contributed by atoms with van der Waals surface area (Å²) in [4.78, 5) is 14.6. The minimum Gasteiger partial charge on any atom is -0.435 e. The number of ether oxygens (including phenoxy) is 1. The summed E-state index contributed by atoms with van der Waals surface area (Å²) < 4.78 is 28.9. The lowest BCUT2D eigenvalue weighted by Gasteiger charge is -2.17. The van der Waals surface area contributed by atoms with E-state index in [9.17, 15) is 13.6 Å². The van der Waals surface area contributed by atoms with E-state index in [0.717, 1.165) is 26.1 Å². The normalized spacial score (nSPS) is 17.6. The molecule has 25 heavy (non-hydrogen) atoms. The number of halogens is 2. The lowest BCUT2D eigenvalue weighted by atomic mass is 10.1. The molecular formula is C19H20F2N2O2. The van der Waals surface area contributed by atoms with Crippen LogP contribution in [0.5, 0.6) is 5.75 Å². The Morgan fingerprint density at radius 2 is 2.00 bits per heavy atom. The van der Waals surface area contributed by atoms with E-state index in [1.54, 1.807) is 6.07 Å². The van der Waals surface area contributed by atoms with Gasteiger partial charge in [0.25, 0.3) is 5.91 Å². The van der Waals surface area contributed by atoms with E-state index in [1.165, 1.54) is 23.8 Å². The van der Waals surface area contributed by atoms with E-state index in [2.05, 4.69) is 27.1 Å². The molecular weight excluding hydrogens is 326 g/mol. The third-order valence-corrected chi connectivity index (χ3v) is 4.18. The number of hydrogen-bond donors (Lipinski definition) is 1. The third-order valence-electron chi connectivity index (χ3n) is 4.18. The predicted molar refractivity (Wildman–Crippen MR) is 90.7 cm³/mol. The van der Waals surface area contributed by atoms with Crippen LogP contribution in [0.1, 0.15) is 22.3 Å². The van der Waals surface area contributed by atoms with Crippen molar-refractivity contribution in [3.8, 4) is 5.75 Å². The SMILES string of the molecule is O=C(NC1CCN(Cc2ccccc2)C1)c1cccc(OC(F)F)c1. The van der Waals surface area contributed by atoms with Gasteiger partial charge in [-0.2, -0.15) is 8.78 Å². The molecule has 0 aromatic heterocycles. The third kappa shape index (κ3) is 5.00. The first-order valence-corrected chi connectivity index (χ1v) is 8.22. The Kier molecular flexibility index (Phi) is 5.60. The Hall–Kier alpha value is -2.47. The molecule has 1 saturated heterocycles. The van der Waals surface area contributed by atoms with Gasteiger partial charge in [0.05, 0.1) is 0 Å². The first-order chi connectivity index (χ1) is 12.1. The molecule has 1 aliphatic heterocycles. The van der Waals surface area contributed by atoms with Gasteiger partial charge in [0.1, 0.15) is 5.75 Å². The van der Waals surface area contributed by atoms with E-state index in [-0.39, 0.29) is 17.7 Å². The number of likely N-dealkylation sites (tertiary alicyclic amines) is 1. The predicted octanol–water partition coefficient (Wildman–Crippen LogP) is 3.29. The van der Waals surface area contributed by atoms with Crippen LogP contribution in [0, 0.1) is 0 Å². The number of carbonyl (C=O) groups excluding carboxylic acids is 1. The molecule has 0 saturated carbocycles. The van der Waals surface area contributed by atoms with Crippen molar-refractivity contribution in [1.29, 1.82) is 0 Å². The van der Waals surface area contributed by atoms with Crippen LogP contribution in [0.25, 0.3) is 0 Å². The molecule has 1 fully saturated rings. The fraction of sp³-hybridized carbons (Fsp3) is 0.316. The van der Waals surface area contributed by atoms with Crippen molar-refractivity contribution in [3.63, 3.8) is 0 Å². The Bertz CT molecular complexity index is 710. The molecule has 3 rings (SSSR count). The van der Waals surface area contributed by atoms with Gasteiger partial charge in [0.2, 0.25) is 0 Å². The average Bonchev–Trinajstić information content (AvgIpc) is 3.02. The fourth-order valence-electron chi connectivity index (χ4n) is 3.02. The molecule has 0 aliphatic carbocycles. The van der Waals surface area contributed by atoms with Crippen LogP contribution in [-0.4, -0.2) is 36.5 Å². The van der Waals surface area contributed by atoms with Crippen LogP contribution in [0.2, 0.25) is 0 Å². The Balaban J connectivity index is 1.53. The summed E-state index contributed by atoms with van der Waals surface area (Å²) in [5.41, 5.74) is 1.56. The molecule has 1 N–H and O–H groups in total. The molecule has 1 aliphatic rings. The zero-order valence-corrected chi connectivity index (χ0v) is 13.7. The number of nitrogens with zero attached hydrogens (tertiary/aromatic N) is 1. The molecule has 0 bridgehead atoms. The lowest BCUT2D eigenvalue weighted by molar-refractivity contribution is -0.0498. The van der Waals surface area contributed by atoms with Crippen LogP contribution in [-0.2, 0) is 6.54 Å². The molecule has 6 heteroatoms. The molecule has 0 radical (unpaired) electrons. The highest BCUT2D eigenvalue weighted by Crippen LogP contribution is 2.17. The van der Waals surface area contributed by atoms with Gasteiger partial charge in [0, 0.05) is 31.2 Å². The summed E-state index contributed by atoms with van der Waals surface area (Å²) in [5.74, 6) is -0.286. The minimum absolute atomic E-state index is 0.0141. The maximum atomic E-state index is 12.3. The summed E-state index contributed by atoms with van der Waals surface area (Å²) in [6, 6.07) is 16.1. The lowest BCUT2D eigenvalue weighted by Crippen LogP contribution is -2.37. The summed E-state index contributed by atoms with van der Waals surface area (Å²) >= 11 is 0. The van der Waals surface area contributed by atoms with Gasteiger partial charge in [-0.15, -0.1) is 0 Å². The quantitative estimate of drug-likeness (QED) is 0.873. The van der Waals surface area contributed by atoms with Gasteiger partial charge in [-0.05, 0) is 30.2 Å². The summed E-state index contributed by atoms with van der Waals surface area (Å²) in [6.07, 6.45) is 0.867. The Morgan fingerprint density at radius 1 is 1.20 bits per heavy atom. The highest BCUT2D eigenvalue weighted by atomic mass is 19.3. The highest BCUT2D eigenvalue weighted by molar-refractivity contribution is 5.94. The molecule has 2 aromatic rings. The highest BCUT2D eigenvalue weighted by Gasteiger charge is 2.24. The smallest absolute Gasteiger partial charge is 0.387 e. The van der Waals surface area contributed by atoms with Crippen LogP contribution in [0.4, 0.5) is 8.78 Å². The number of amides is 1. The monoisotopic (exact) mass is 346 g/mol. The topological polar surface area (TPSA) is 41.6 Å². The molecule has 1 heterocycles.